The number of aryl methyl sites for hydroxylation is 1. The number of methoxy groups -OCH3 is 2. The minimum absolute atomic E-state index is 0.0759. The zero-order valence-electron chi connectivity index (χ0n) is 32.5. The van der Waals surface area contributed by atoms with Gasteiger partial charge in [0.15, 0.2) is 0 Å². The van der Waals surface area contributed by atoms with E-state index in [-0.39, 0.29) is 31.7 Å². The third-order valence-electron chi connectivity index (χ3n) is 9.68. The summed E-state index contributed by atoms with van der Waals surface area (Å²) in [6.45, 7) is 10.6. The maximum absolute atomic E-state index is 13.5. The van der Waals surface area contributed by atoms with E-state index in [9.17, 15) is 10.1 Å². The molecule has 6 rings (SSSR count). The molecule has 1 unspecified atom stereocenters. The van der Waals surface area contributed by atoms with Crippen LogP contribution >= 0.6 is 8.53 Å². The van der Waals surface area contributed by atoms with E-state index >= 15 is 0 Å². The summed E-state index contributed by atoms with van der Waals surface area (Å²) in [5.74, 6) is 1.43. The molecule has 3 aromatic carbocycles. The molecular weight excluding hydrogens is 717 g/mol. The topological polar surface area (TPSA) is 133 Å². The fourth-order valence-corrected chi connectivity index (χ4v) is 8.93. The first-order valence-electron chi connectivity index (χ1n) is 18.6. The highest BCUT2D eigenvalue weighted by molar-refractivity contribution is 7.44. The summed E-state index contributed by atoms with van der Waals surface area (Å²) >= 11 is 0. The van der Waals surface area contributed by atoms with Crippen molar-refractivity contribution in [3.63, 3.8) is 0 Å². The van der Waals surface area contributed by atoms with E-state index < -0.39 is 38.3 Å². The predicted octanol–water partition coefficient (Wildman–Crippen LogP) is 8.01. The molecule has 0 saturated carbocycles. The first-order valence-corrected chi connectivity index (χ1v) is 19.7. The van der Waals surface area contributed by atoms with Gasteiger partial charge in [0.25, 0.3) is 8.53 Å². The molecule has 12 nitrogen and oxygen atoms in total. The molecule has 0 amide bonds. The predicted molar refractivity (Wildman–Crippen MR) is 212 cm³/mol. The molecule has 2 aromatic heterocycles. The molecule has 0 spiro atoms. The van der Waals surface area contributed by atoms with Crippen LogP contribution in [-0.4, -0.2) is 70.9 Å². The van der Waals surface area contributed by atoms with Crippen LogP contribution in [0, 0.1) is 18.3 Å². The van der Waals surface area contributed by atoms with E-state index in [4.69, 9.17) is 28.0 Å². The van der Waals surface area contributed by atoms with Crippen molar-refractivity contribution in [2.45, 2.75) is 83.6 Å². The SMILES string of the molecule is COc1ccc(C(OC[C@H]2O[C@@H](n3cc4cc(C)[nH]c4nc3=O)C[C@@H]2OP(OCCC#N)N(C(C)C)C(C)C)(c2ccccc2)c2ccc(OC)cc2)cc1. The summed E-state index contributed by atoms with van der Waals surface area (Å²) in [6.07, 6.45) is 0.429. The van der Waals surface area contributed by atoms with Crippen molar-refractivity contribution in [2.24, 2.45) is 0 Å². The zero-order chi connectivity index (χ0) is 39.1. The van der Waals surface area contributed by atoms with Crippen molar-refractivity contribution in [3.05, 3.63) is 124 Å². The Morgan fingerprint density at radius 3 is 2.13 bits per heavy atom. The molecule has 0 aliphatic carbocycles. The molecule has 0 bridgehead atoms. The van der Waals surface area contributed by atoms with Gasteiger partial charge in [0, 0.05) is 35.8 Å². The van der Waals surface area contributed by atoms with Crippen molar-refractivity contribution in [1.82, 2.24) is 19.2 Å². The number of nitrogens with one attached hydrogen (secondary N) is 1. The second-order valence-corrected chi connectivity index (χ2v) is 15.5. The summed E-state index contributed by atoms with van der Waals surface area (Å²) in [5, 5.41) is 10.1. The Hall–Kier alpha value is -4.60. The van der Waals surface area contributed by atoms with Gasteiger partial charge in [-0.15, -0.1) is 0 Å². The van der Waals surface area contributed by atoms with Crippen LogP contribution in [-0.2, 0) is 24.1 Å². The minimum Gasteiger partial charge on any atom is -0.497 e. The Balaban J connectivity index is 1.43. The third kappa shape index (κ3) is 8.79. The van der Waals surface area contributed by atoms with Crippen LogP contribution in [0.3, 0.4) is 0 Å². The number of H-pyrrole nitrogens is 1. The molecule has 5 aromatic rings. The molecule has 0 radical (unpaired) electrons. The molecular formula is C42H50N5O7P. The highest BCUT2D eigenvalue weighted by atomic mass is 31.2. The van der Waals surface area contributed by atoms with Crippen molar-refractivity contribution in [3.8, 4) is 17.6 Å². The van der Waals surface area contributed by atoms with E-state index in [1.54, 1.807) is 20.4 Å². The fraction of sp³-hybridized carbons (Fsp3) is 0.405. The van der Waals surface area contributed by atoms with E-state index in [0.29, 0.717) is 23.6 Å². The van der Waals surface area contributed by atoms with Gasteiger partial charge < -0.3 is 33.0 Å². The quantitative estimate of drug-likeness (QED) is 0.0564. The molecule has 55 heavy (non-hydrogen) atoms. The maximum Gasteiger partial charge on any atom is 0.351 e. The lowest BCUT2D eigenvalue weighted by Crippen LogP contribution is -2.39. The molecule has 4 atom stereocenters. The van der Waals surface area contributed by atoms with Crippen LogP contribution in [0.4, 0.5) is 0 Å². The molecule has 290 valence electrons. The lowest BCUT2D eigenvalue weighted by atomic mass is 9.80. The first kappa shape index (κ1) is 40.1. The Bertz CT molecular complexity index is 2040. The Labute approximate surface area is 323 Å². The Morgan fingerprint density at radius 1 is 0.964 bits per heavy atom. The fourth-order valence-electron chi connectivity index (χ4n) is 7.18. The monoisotopic (exact) mass is 767 g/mol. The average Bonchev–Trinajstić information content (AvgIpc) is 3.76. The van der Waals surface area contributed by atoms with Gasteiger partial charge in [-0.25, -0.2) is 9.46 Å². The largest absolute Gasteiger partial charge is 0.497 e. The summed E-state index contributed by atoms with van der Waals surface area (Å²) < 4.78 is 42.2. The molecule has 13 heteroatoms. The summed E-state index contributed by atoms with van der Waals surface area (Å²) in [7, 11) is 1.64. The van der Waals surface area contributed by atoms with E-state index in [1.807, 2.05) is 91.9 Å². The van der Waals surface area contributed by atoms with Crippen molar-refractivity contribution >= 4 is 19.6 Å². The lowest BCUT2D eigenvalue weighted by molar-refractivity contribution is -0.0924. The van der Waals surface area contributed by atoms with Crippen molar-refractivity contribution in [1.29, 1.82) is 5.26 Å². The van der Waals surface area contributed by atoms with Crippen molar-refractivity contribution in [2.75, 3.05) is 27.4 Å². The number of ether oxygens (including phenoxy) is 4. The minimum atomic E-state index is -1.64. The highest BCUT2D eigenvalue weighted by Crippen LogP contribution is 2.50. The van der Waals surface area contributed by atoms with Gasteiger partial charge in [0.05, 0.1) is 46.0 Å². The van der Waals surface area contributed by atoms with Gasteiger partial charge in [-0.05, 0) is 81.6 Å². The van der Waals surface area contributed by atoms with Gasteiger partial charge in [0.2, 0.25) is 0 Å². The smallest absolute Gasteiger partial charge is 0.351 e. The zero-order valence-corrected chi connectivity index (χ0v) is 33.4. The number of aromatic nitrogens is 3. The van der Waals surface area contributed by atoms with E-state index in [0.717, 1.165) is 27.8 Å². The van der Waals surface area contributed by atoms with Gasteiger partial charge >= 0.3 is 5.69 Å². The third-order valence-corrected chi connectivity index (χ3v) is 11.8. The average molecular weight is 768 g/mol. The number of nitriles is 1. The second-order valence-electron chi connectivity index (χ2n) is 14.1. The molecule has 1 saturated heterocycles. The molecule has 1 fully saturated rings. The highest BCUT2D eigenvalue weighted by Gasteiger charge is 2.45. The van der Waals surface area contributed by atoms with Crippen LogP contribution in [0.15, 0.2) is 95.9 Å². The molecule has 1 aliphatic heterocycles. The lowest BCUT2D eigenvalue weighted by Gasteiger charge is -2.39. The van der Waals surface area contributed by atoms with Crippen LogP contribution < -0.4 is 15.2 Å². The van der Waals surface area contributed by atoms with Crippen LogP contribution in [0.5, 0.6) is 11.5 Å². The summed E-state index contributed by atoms with van der Waals surface area (Å²) in [6, 6.07) is 30.1. The van der Waals surface area contributed by atoms with Crippen molar-refractivity contribution < 1.29 is 28.0 Å². The number of nitrogens with zero attached hydrogens (tertiary/aromatic N) is 4. The Kier molecular flexibility index (Phi) is 13.0. The number of aromatic amines is 1. The molecule has 1 N–H and O–H groups in total. The number of hydrogen-bond acceptors (Lipinski definition) is 10. The number of benzene rings is 3. The van der Waals surface area contributed by atoms with Gasteiger partial charge in [-0.1, -0.05) is 54.6 Å². The van der Waals surface area contributed by atoms with E-state index in [2.05, 4.69) is 48.4 Å². The van der Waals surface area contributed by atoms with Crippen LogP contribution in [0.1, 0.15) is 69.1 Å². The van der Waals surface area contributed by atoms with Crippen LogP contribution in [0.2, 0.25) is 0 Å². The first-order chi connectivity index (χ1) is 26.6. The van der Waals surface area contributed by atoms with Gasteiger partial charge in [0.1, 0.15) is 35.1 Å². The maximum atomic E-state index is 13.5. The van der Waals surface area contributed by atoms with Crippen LogP contribution in [0.25, 0.3) is 11.0 Å². The Morgan fingerprint density at radius 2 is 1.56 bits per heavy atom. The number of fused-ring (bicyclic) bond motifs is 1. The standard InChI is InChI=1S/C42H50N5O7P/c1-28(2)47(29(3)4)55(52-23-11-22-43)54-37-25-39(46-26-31-24-30(5)44-40(31)45-41(46)48)53-38(37)27-51-42(32-12-9-8-10-13-32,33-14-18-35(49-6)19-15-33)34-16-20-36(50-7)21-17-34/h8-10,12-21,24,26,28-29,37-39H,11,23,25,27H2,1-7H3,(H,44,45,48)/t37-,38+,39+,55?/m0/s1. The van der Waals surface area contributed by atoms with Gasteiger partial charge in [-0.3, -0.25) is 4.57 Å². The number of hydrogen-bond donors (Lipinski definition) is 1. The molecule has 1 aliphatic rings. The number of rotatable bonds is 17. The summed E-state index contributed by atoms with van der Waals surface area (Å²) in [5.41, 5.74) is 2.52. The van der Waals surface area contributed by atoms with E-state index in [1.165, 1.54) is 4.57 Å². The molecule has 3 heterocycles. The second kappa shape index (κ2) is 17.9. The van der Waals surface area contributed by atoms with Gasteiger partial charge in [-0.2, -0.15) is 10.2 Å². The summed E-state index contributed by atoms with van der Waals surface area (Å²) in [4.78, 5) is 21.0. The normalized spacial score (nSPS) is 17.9.